The van der Waals surface area contributed by atoms with E-state index in [2.05, 4.69) is 25.8 Å². The van der Waals surface area contributed by atoms with E-state index in [1.54, 1.807) is 17.5 Å². The number of Topliss-reactive ketones (excluding diaryl/α,β-unsaturated/α-hetero) is 1. The van der Waals surface area contributed by atoms with Crippen LogP contribution in [-0.4, -0.2) is 115 Å². The van der Waals surface area contributed by atoms with Crippen LogP contribution in [0.15, 0.2) is 47.8 Å². The highest BCUT2D eigenvalue weighted by atomic mass is 32.1. The van der Waals surface area contributed by atoms with Crippen molar-refractivity contribution in [3.05, 3.63) is 93.4 Å². The molecule has 2 fully saturated rings. The number of ether oxygens (including phenoxy) is 2. The van der Waals surface area contributed by atoms with Gasteiger partial charge in [0.1, 0.15) is 11.9 Å². The molecule has 1 unspecified atom stereocenters. The molecular weight excluding hydrogens is 812 g/mol. The molecule has 0 spiro atoms. The SMILES string of the molecule is C[C@@H]1CN(CC(=O)C2CC(C)(C)c3nc(CO)c(Cc4ccc(F)cc4)cc32)[C@@H](C(=O)NCCCNC(=O)COc2c(-c3csc(N4CCOCC4)n3)ccc(F)c2F)CN1. The summed E-state index contributed by atoms with van der Waals surface area (Å²) in [5.41, 5.74) is 3.97. The van der Waals surface area contributed by atoms with E-state index in [0.717, 1.165) is 33.6 Å². The Balaban J connectivity index is 0.912. The van der Waals surface area contributed by atoms with Gasteiger partial charge in [-0.15, -0.1) is 11.3 Å². The summed E-state index contributed by atoms with van der Waals surface area (Å²) in [6.07, 6.45) is 1.34. The number of aromatic nitrogens is 2. The van der Waals surface area contributed by atoms with Gasteiger partial charge in [-0.05, 0) is 67.1 Å². The topological polar surface area (TPSA) is 158 Å². The van der Waals surface area contributed by atoms with Crippen molar-refractivity contribution >= 4 is 34.1 Å². The van der Waals surface area contributed by atoms with Crippen LogP contribution in [0.4, 0.5) is 18.3 Å². The first-order valence-electron chi connectivity index (χ1n) is 20.6. The number of thiazole rings is 1. The van der Waals surface area contributed by atoms with Crippen molar-refractivity contribution in [3.8, 4) is 17.0 Å². The molecule has 3 aliphatic rings. The predicted octanol–water partition coefficient (Wildman–Crippen LogP) is 4.24. The Morgan fingerprint density at radius 3 is 2.56 bits per heavy atom. The third-order valence-electron chi connectivity index (χ3n) is 11.5. The Labute approximate surface area is 357 Å². The number of amides is 2. The predicted molar refractivity (Wildman–Crippen MR) is 224 cm³/mol. The molecule has 3 atom stereocenters. The largest absolute Gasteiger partial charge is 0.480 e. The Kier molecular flexibility index (Phi) is 14.0. The number of pyridine rings is 1. The minimum Gasteiger partial charge on any atom is -0.480 e. The van der Waals surface area contributed by atoms with Gasteiger partial charge in [0.25, 0.3) is 5.91 Å². The molecule has 4 heterocycles. The van der Waals surface area contributed by atoms with Crippen molar-refractivity contribution in [1.82, 2.24) is 30.8 Å². The number of anilines is 1. The fourth-order valence-corrected chi connectivity index (χ4v) is 9.14. The Morgan fingerprint density at radius 1 is 1.05 bits per heavy atom. The number of nitrogens with zero attached hydrogens (tertiary/aromatic N) is 4. The number of halogens is 3. The quantitative estimate of drug-likeness (QED) is 0.120. The second-order valence-electron chi connectivity index (χ2n) is 16.5. The fourth-order valence-electron chi connectivity index (χ4n) is 8.26. The van der Waals surface area contributed by atoms with Crippen molar-refractivity contribution in [2.45, 2.75) is 70.1 Å². The van der Waals surface area contributed by atoms with Crippen molar-refractivity contribution in [2.75, 3.05) is 70.5 Å². The summed E-state index contributed by atoms with van der Waals surface area (Å²) in [5, 5.41) is 21.6. The number of rotatable bonds is 16. The van der Waals surface area contributed by atoms with Gasteiger partial charge in [-0.25, -0.2) is 13.8 Å². The molecule has 0 radical (unpaired) electrons. The Morgan fingerprint density at radius 2 is 1.80 bits per heavy atom. The second kappa shape index (κ2) is 19.4. The van der Waals surface area contributed by atoms with Gasteiger partial charge in [0, 0.05) is 67.6 Å². The molecule has 326 valence electrons. The summed E-state index contributed by atoms with van der Waals surface area (Å²) in [5.74, 6) is -4.35. The first-order chi connectivity index (χ1) is 29.3. The molecule has 2 aromatic heterocycles. The minimum absolute atomic E-state index is 0.0236. The lowest BCUT2D eigenvalue weighted by Crippen LogP contribution is -2.61. The minimum atomic E-state index is -1.21. The van der Waals surface area contributed by atoms with Crippen LogP contribution in [0.3, 0.4) is 0 Å². The first-order valence-corrected chi connectivity index (χ1v) is 21.5. The third-order valence-corrected chi connectivity index (χ3v) is 12.4. The first kappa shape index (κ1) is 44.1. The molecule has 4 N–H and O–H groups in total. The summed E-state index contributed by atoms with van der Waals surface area (Å²) < 4.78 is 53.8. The smallest absolute Gasteiger partial charge is 0.257 e. The number of carbonyl (C=O) groups excluding carboxylic acids is 3. The van der Waals surface area contributed by atoms with Crippen molar-refractivity contribution in [1.29, 1.82) is 0 Å². The van der Waals surface area contributed by atoms with Gasteiger partial charge < -0.3 is 35.4 Å². The van der Waals surface area contributed by atoms with E-state index in [-0.39, 0.29) is 55.4 Å². The molecule has 2 aromatic carbocycles. The summed E-state index contributed by atoms with van der Waals surface area (Å²) >= 11 is 1.37. The highest BCUT2D eigenvalue weighted by Gasteiger charge is 2.43. The van der Waals surface area contributed by atoms with Crippen LogP contribution in [0, 0.1) is 17.5 Å². The fraction of sp³-hybridized carbons (Fsp3) is 0.477. The van der Waals surface area contributed by atoms with E-state index >= 15 is 0 Å². The molecule has 4 aromatic rings. The highest BCUT2D eigenvalue weighted by Crippen LogP contribution is 2.46. The molecule has 61 heavy (non-hydrogen) atoms. The van der Waals surface area contributed by atoms with E-state index < -0.39 is 47.3 Å². The second-order valence-corrected chi connectivity index (χ2v) is 17.3. The number of aliphatic hydroxyl groups excluding tert-OH is 1. The van der Waals surface area contributed by atoms with Gasteiger partial charge in [0.15, 0.2) is 29.1 Å². The van der Waals surface area contributed by atoms with E-state index in [1.807, 2.05) is 31.7 Å². The molecule has 2 aliphatic heterocycles. The van der Waals surface area contributed by atoms with Crippen LogP contribution in [0.2, 0.25) is 0 Å². The van der Waals surface area contributed by atoms with Crippen LogP contribution in [-0.2, 0) is 37.6 Å². The van der Waals surface area contributed by atoms with Crippen LogP contribution in [0.1, 0.15) is 67.6 Å². The zero-order chi connectivity index (χ0) is 43.3. The zero-order valence-electron chi connectivity index (χ0n) is 34.6. The lowest BCUT2D eigenvalue weighted by atomic mass is 9.87. The van der Waals surface area contributed by atoms with Crippen LogP contribution in [0.25, 0.3) is 11.3 Å². The maximum atomic E-state index is 15.0. The summed E-state index contributed by atoms with van der Waals surface area (Å²) in [4.78, 5) is 53.9. The summed E-state index contributed by atoms with van der Waals surface area (Å²) in [6, 6.07) is 9.94. The number of aliphatic hydroxyl groups is 1. The molecular formula is C44H52F3N7O6S. The molecule has 13 nitrogen and oxygen atoms in total. The number of morpholine rings is 1. The van der Waals surface area contributed by atoms with Gasteiger partial charge in [0.05, 0.1) is 43.4 Å². The summed E-state index contributed by atoms with van der Waals surface area (Å²) in [6.45, 7) is 9.03. The Hall–Kier alpha value is -4.94. The van der Waals surface area contributed by atoms with E-state index in [1.165, 1.54) is 29.5 Å². The number of piperazine rings is 1. The molecule has 7 rings (SSSR count). The number of hydrogen-bond donors (Lipinski definition) is 4. The zero-order valence-corrected chi connectivity index (χ0v) is 35.4. The van der Waals surface area contributed by atoms with Crippen LogP contribution >= 0.6 is 11.3 Å². The summed E-state index contributed by atoms with van der Waals surface area (Å²) in [7, 11) is 0. The molecule has 0 bridgehead atoms. The number of hydrogen-bond acceptors (Lipinski definition) is 12. The van der Waals surface area contributed by atoms with E-state index in [4.69, 9.17) is 14.5 Å². The third kappa shape index (κ3) is 10.4. The standard InChI is InChI=1S/C44H52F3N7O6S/c1-26-21-54(22-37(56)32-19-44(2,3)41-31(32)18-28(34(23-55)51-41)17-27-5-7-29(45)8-6-27)36(20-50-26)42(58)49-12-4-11-48-38(57)24-60-40-30(9-10-33(46)39(40)47)35-25-61-43(52-35)53-13-15-59-16-14-53/h5-10,18,25-26,32,36,50,55H,4,11-17,19-24H2,1-3H3,(H,48,57)(H,49,58)/t26-,32?,36-/m1/s1. The molecule has 2 saturated heterocycles. The maximum absolute atomic E-state index is 15.0. The Bertz CT molecular complexity index is 2220. The molecule has 2 amide bonds. The monoisotopic (exact) mass is 863 g/mol. The van der Waals surface area contributed by atoms with Gasteiger partial charge in [0.2, 0.25) is 11.7 Å². The lowest BCUT2D eigenvalue weighted by molar-refractivity contribution is -0.130. The van der Waals surface area contributed by atoms with E-state index in [9.17, 15) is 32.7 Å². The molecule has 17 heteroatoms. The number of fused-ring (bicyclic) bond motifs is 1. The molecule has 1 aliphatic carbocycles. The normalized spacial score (nSPS) is 20.0. The van der Waals surface area contributed by atoms with Gasteiger partial charge in [-0.2, -0.15) is 4.39 Å². The van der Waals surface area contributed by atoms with E-state index in [0.29, 0.717) is 70.0 Å². The van der Waals surface area contributed by atoms with Crippen LogP contribution in [0.5, 0.6) is 5.75 Å². The lowest BCUT2D eigenvalue weighted by Gasteiger charge is -2.38. The van der Waals surface area contributed by atoms with Crippen molar-refractivity contribution in [3.63, 3.8) is 0 Å². The average Bonchev–Trinajstić information content (AvgIpc) is 3.84. The number of ketones is 1. The van der Waals surface area contributed by atoms with Gasteiger partial charge >= 0.3 is 0 Å². The van der Waals surface area contributed by atoms with Gasteiger partial charge in [-0.3, -0.25) is 24.3 Å². The molecule has 0 saturated carbocycles. The van der Waals surface area contributed by atoms with Crippen LogP contribution < -0.4 is 25.6 Å². The van der Waals surface area contributed by atoms with Crippen molar-refractivity contribution in [2.24, 2.45) is 0 Å². The maximum Gasteiger partial charge on any atom is 0.257 e. The highest BCUT2D eigenvalue weighted by molar-refractivity contribution is 7.14. The average molecular weight is 864 g/mol. The number of carbonyl (C=O) groups is 3. The number of nitrogens with one attached hydrogen (secondary N) is 3. The van der Waals surface area contributed by atoms with Gasteiger partial charge in [-0.1, -0.05) is 32.0 Å². The number of benzene rings is 2. The van der Waals surface area contributed by atoms with Crippen molar-refractivity contribution < 1.29 is 42.1 Å².